The van der Waals surface area contributed by atoms with Crippen LogP contribution in [0.2, 0.25) is 0 Å². The van der Waals surface area contributed by atoms with Gasteiger partial charge in [0.2, 0.25) is 5.91 Å². The molecule has 0 bridgehead atoms. The highest BCUT2D eigenvalue weighted by Crippen LogP contribution is 2.14. The van der Waals surface area contributed by atoms with Gasteiger partial charge in [-0.15, -0.1) is 0 Å². The highest BCUT2D eigenvalue weighted by Gasteiger charge is 2.28. The van der Waals surface area contributed by atoms with E-state index >= 15 is 0 Å². The summed E-state index contributed by atoms with van der Waals surface area (Å²) in [5, 5.41) is 2.83. The molecule has 21 heavy (non-hydrogen) atoms. The fourth-order valence-electron chi connectivity index (χ4n) is 2.55. The number of amides is 2. The van der Waals surface area contributed by atoms with Crippen molar-refractivity contribution in [1.29, 1.82) is 0 Å². The van der Waals surface area contributed by atoms with Crippen molar-refractivity contribution in [3.63, 3.8) is 0 Å². The van der Waals surface area contributed by atoms with E-state index in [-0.39, 0.29) is 11.8 Å². The summed E-state index contributed by atoms with van der Waals surface area (Å²) in [6.07, 6.45) is 0.791. The van der Waals surface area contributed by atoms with Gasteiger partial charge >= 0.3 is 0 Å². The molecule has 1 N–H and O–H groups in total. The Bertz CT molecular complexity index is 528. The van der Waals surface area contributed by atoms with Crippen molar-refractivity contribution >= 4 is 11.8 Å². The van der Waals surface area contributed by atoms with Gasteiger partial charge in [-0.05, 0) is 45.1 Å². The maximum Gasteiger partial charge on any atom is 0.254 e. The van der Waals surface area contributed by atoms with Crippen molar-refractivity contribution in [1.82, 2.24) is 15.1 Å². The molecule has 1 heterocycles. The molecular weight excluding hydrogens is 266 g/mol. The van der Waals surface area contributed by atoms with Crippen LogP contribution in [0.25, 0.3) is 0 Å². The Morgan fingerprint density at radius 1 is 1.43 bits per heavy atom. The van der Waals surface area contributed by atoms with Gasteiger partial charge in [0.1, 0.15) is 6.04 Å². The van der Waals surface area contributed by atoms with Crippen molar-refractivity contribution < 1.29 is 9.59 Å². The van der Waals surface area contributed by atoms with Crippen LogP contribution in [0.3, 0.4) is 0 Å². The number of nitrogens with zero attached hydrogens (tertiary/aromatic N) is 2. The molecule has 0 aliphatic carbocycles. The molecule has 0 spiro atoms. The Hall–Kier alpha value is -1.88. The van der Waals surface area contributed by atoms with Gasteiger partial charge in [-0.3, -0.25) is 9.59 Å². The molecular formula is C16H23N3O2. The van der Waals surface area contributed by atoms with Crippen molar-refractivity contribution in [2.75, 3.05) is 27.2 Å². The minimum absolute atomic E-state index is 0.0693. The van der Waals surface area contributed by atoms with Gasteiger partial charge in [0, 0.05) is 25.2 Å². The van der Waals surface area contributed by atoms with E-state index in [0.717, 1.165) is 18.5 Å². The number of benzene rings is 1. The molecule has 0 saturated carbocycles. The summed E-state index contributed by atoms with van der Waals surface area (Å²) in [4.78, 5) is 28.3. The van der Waals surface area contributed by atoms with E-state index in [1.165, 1.54) is 0 Å². The second-order valence-corrected chi connectivity index (χ2v) is 5.76. The third kappa shape index (κ3) is 3.82. The molecule has 0 radical (unpaired) electrons. The summed E-state index contributed by atoms with van der Waals surface area (Å²) >= 11 is 0. The van der Waals surface area contributed by atoms with E-state index in [4.69, 9.17) is 0 Å². The molecule has 5 heteroatoms. The zero-order valence-corrected chi connectivity index (χ0v) is 12.9. The molecule has 1 aromatic rings. The molecule has 1 aliphatic heterocycles. The molecule has 2 amide bonds. The van der Waals surface area contributed by atoms with Gasteiger partial charge < -0.3 is 15.1 Å². The molecule has 1 fully saturated rings. The Labute approximate surface area is 125 Å². The summed E-state index contributed by atoms with van der Waals surface area (Å²) in [5.41, 5.74) is 1.74. The summed E-state index contributed by atoms with van der Waals surface area (Å²) in [6.45, 7) is 3.81. The molecule has 1 aliphatic rings. The van der Waals surface area contributed by atoms with Crippen LogP contribution < -0.4 is 5.32 Å². The van der Waals surface area contributed by atoms with Crippen LogP contribution in [0.4, 0.5) is 0 Å². The minimum atomic E-state index is -0.419. The van der Waals surface area contributed by atoms with Crippen molar-refractivity contribution in [3.05, 3.63) is 35.4 Å². The lowest BCUT2D eigenvalue weighted by atomic mass is 10.1. The molecule has 1 unspecified atom stereocenters. The van der Waals surface area contributed by atoms with Gasteiger partial charge in [-0.2, -0.15) is 0 Å². The Balaban J connectivity index is 2.20. The average Bonchev–Trinajstić information content (AvgIpc) is 2.60. The number of nitrogens with one attached hydrogen (secondary N) is 1. The van der Waals surface area contributed by atoms with Crippen molar-refractivity contribution in [3.8, 4) is 0 Å². The van der Waals surface area contributed by atoms with Crippen LogP contribution in [0.15, 0.2) is 24.3 Å². The number of carbonyl (C=O) groups excluding carboxylic acids is 2. The number of hydrogen-bond acceptors (Lipinski definition) is 3. The standard InChI is InChI=1S/C16H23N3O2/c1-12-15(20)17-8-5-9-19(12)16(21)14-7-4-6-13(10-14)11-18(2)3/h4,6-7,10,12H,5,8-9,11H2,1-3H3,(H,17,20). The maximum absolute atomic E-state index is 12.7. The van der Waals surface area contributed by atoms with E-state index in [1.807, 2.05) is 38.4 Å². The van der Waals surface area contributed by atoms with Gasteiger partial charge in [0.15, 0.2) is 0 Å². The average molecular weight is 289 g/mol. The first-order chi connectivity index (χ1) is 9.99. The molecule has 114 valence electrons. The zero-order valence-electron chi connectivity index (χ0n) is 12.9. The van der Waals surface area contributed by atoms with E-state index < -0.39 is 6.04 Å². The van der Waals surface area contributed by atoms with E-state index in [2.05, 4.69) is 10.2 Å². The Morgan fingerprint density at radius 3 is 2.90 bits per heavy atom. The molecule has 5 nitrogen and oxygen atoms in total. The lowest BCUT2D eigenvalue weighted by molar-refractivity contribution is -0.124. The number of hydrogen-bond donors (Lipinski definition) is 1. The first kappa shape index (κ1) is 15.5. The lowest BCUT2D eigenvalue weighted by Crippen LogP contribution is -2.45. The maximum atomic E-state index is 12.7. The predicted octanol–water partition coefficient (Wildman–Crippen LogP) is 1.10. The van der Waals surface area contributed by atoms with Crippen molar-refractivity contribution in [2.24, 2.45) is 0 Å². The van der Waals surface area contributed by atoms with E-state index in [1.54, 1.807) is 11.8 Å². The van der Waals surface area contributed by atoms with Gasteiger partial charge in [0.05, 0.1) is 0 Å². The quantitative estimate of drug-likeness (QED) is 0.906. The summed E-state index contributed by atoms with van der Waals surface area (Å²) < 4.78 is 0. The second kappa shape index (κ2) is 6.72. The zero-order chi connectivity index (χ0) is 15.4. The summed E-state index contributed by atoms with van der Waals surface area (Å²) in [5.74, 6) is -0.148. The fraction of sp³-hybridized carbons (Fsp3) is 0.500. The van der Waals surface area contributed by atoms with E-state index in [0.29, 0.717) is 18.7 Å². The smallest absolute Gasteiger partial charge is 0.254 e. The normalized spacial score (nSPS) is 19.3. The third-order valence-corrected chi connectivity index (χ3v) is 3.66. The largest absolute Gasteiger partial charge is 0.354 e. The van der Waals surface area contributed by atoms with Crippen LogP contribution in [0.5, 0.6) is 0 Å². The molecule has 1 atom stereocenters. The first-order valence-corrected chi connectivity index (χ1v) is 7.31. The molecule has 1 saturated heterocycles. The molecule has 2 rings (SSSR count). The minimum Gasteiger partial charge on any atom is -0.354 e. The monoisotopic (exact) mass is 289 g/mol. The van der Waals surface area contributed by atoms with Crippen LogP contribution in [0.1, 0.15) is 29.3 Å². The van der Waals surface area contributed by atoms with Crippen LogP contribution in [-0.2, 0) is 11.3 Å². The molecule has 0 aromatic heterocycles. The van der Waals surface area contributed by atoms with Crippen LogP contribution >= 0.6 is 0 Å². The highest BCUT2D eigenvalue weighted by atomic mass is 16.2. The number of carbonyl (C=O) groups is 2. The Kier molecular flexibility index (Phi) is 4.96. The summed E-state index contributed by atoms with van der Waals surface area (Å²) in [7, 11) is 3.99. The van der Waals surface area contributed by atoms with Gasteiger partial charge in [-0.25, -0.2) is 0 Å². The first-order valence-electron chi connectivity index (χ1n) is 7.31. The van der Waals surface area contributed by atoms with Crippen LogP contribution in [-0.4, -0.2) is 54.8 Å². The van der Waals surface area contributed by atoms with E-state index in [9.17, 15) is 9.59 Å². The molecule has 1 aromatic carbocycles. The highest BCUT2D eigenvalue weighted by molar-refractivity contribution is 5.97. The topological polar surface area (TPSA) is 52.7 Å². The van der Waals surface area contributed by atoms with Crippen LogP contribution in [0, 0.1) is 0 Å². The van der Waals surface area contributed by atoms with Gasteiger partial charge in [-0.1, -0.05) is 12.1 Å². The summed E-state index contributed by atoms with van der Waals surface area (Å²) in [6, 6.07) is 7.22. The fourth-order valence-corrected chi connectivity index (χ4v) is 2.55. The second-order valence-electron chi connectivity index (χ2n) is 5.76. The lowest BCUT2D eigenvalue weighted by Gasteiger charge is -2.25. The van der Waals surface area contributed by atoms with Crippen molar-refractivity contribution in [2.45, 2.75) is 25.9 Å². The SMILES string of the molecule is CC1C(=O)NCCCN1C(=O)c1cccc(CN(C)C)c1. The van der Waals surface area contributed by atoms with Gasteiger partial charge in [0.25, 0.3) is 5.91 Å². The third-order valence-electron chi connectivity index (χ3n) is 3.66. The number of rotatable bonds is 3. The Morgan fingerprint density at radius 2 is 2.19 bits per heavy atom. The predicted molar refractivity (Wildman–Crippen MR) is 82.0 cm³/mol.